The lowest BCUT2D eigenvalue weighted by Crippen LogP contribution is -2.16. The van der Waals surface area contributed by atoms with Crippen molar-refractivity contribution in [2.75, 3.05) is 19.7 Å². The zero-order valence-corrected chi connectivity index (χ0v) is 9.82. The molecule has 4 nitrogen and oxygen atoms in total. The molecule has 1 N–H and O–H groups in total. The lowest BCUT2D eigenvalue weighted by atomic mass is 10.3. The smallest absolute Gasteiger partial charge is 0.178 e. The molecule has 0 saturated carbocycles. The highest BCUT2D eigenvalue weighted by Crippen LogP contribution is 2.09. The molecule has 0 fully saturated rings. The summed E-state index contributed by atoms with van der Waals surface area (Å²) in [6.07, 6.45) is 2.55. The molecule has 0 aliphatic rings. The third kappa shape index (κ3) is 4.40. The molecule has 1 aromatic heterocycles. The summed E-state index contributed by atoms with van der Waals surface area (Å²) in [6.45, 7) is 6.17. The standard InChI is InChI=1S/C12H18N2O2/c1-3-13-7-4-8-16-11-5-6-12(10(2)15)14-9-11/h5-6,9,13H,3-4,7-8H2,1-2H3. The van der Waals surface area contributed by atoms with Gasteiger partial charge in [0.1, 0.15) is 11.4 Å². The monoisotopic (exact) mass is 222 g/mol. The number of hydrogen-bond donors (Lipinski definition) is 1. The summed E-state index contributed by atoms with van der Waals surface area (Å²) in [5.74, 6) is 0.681. The molecule has 0 unspecified atom stereocenters. The van der Waals surface area contributed by atoms with Gasteiger partial charge in [-0.1, -0.05) is 6.92 Å². The first-order chi connectivity index (χ1) is 7.74. The van der Waals surface area contributed by atoms with Crippen molar-refractivity contribution in [3.05, 3.63) is 24.0 Å². The van der Waals surface area contributed by atoms with Crippen LogP contribution in [0.2, 0.25) is 0 Å². The lowest BCUT2D eigenvalue weighted by Gasteiger charge is -2.06. The molecule has 0 radical (unpaired) electrons. The summed E-state index contributed by atoms with van der Waals surface area (Å²) in [5.41, 5.74) is 0.472. The predicted octanol–water partition coefficient (Wildman–Crippen LogP) is 1.66. The van der Waals surface area contributed by atoms with Crippen molar-refractivity contribution in [2.45, 2.75) is 20.3 Å². The largest absolute Gasteiger partial charge is 0.492 e. The number of aromatic nitrogens is 1. The number of hydrogen-bond acceptors (Lipinski definition) is 4. The second kappa shape index (κ2) is 6.95. The molecule has 0 aromatic carbocycles. The van der Waals surface area contributed by atoms with Gasteiger partial charge in [0, 0.05) is 6.92 Å². The Bertz CT molecular complexity index is 322. The molecule has 0 atom stereocenters. The Morgan fingerprint density at radius 3 is 2.88 bits per heavy atom. The minimum atomic E-state index is -0.0290. The number of rotatable bonds is 7. The first-order valence-electron chi connectivity index (χ1n) is 5.54. The number of carbonyl (C=O) groups excluding carboxylic acids is 1. The molecule has 0 aliphatic carbocycles. The number of ether oxygens (including phenoxy) is 1. The van der Waals surface area contributed by atoms with Crippen LogP contribution in [0.25, 0.3) is 0 Å². The Hall–Kier alpha value is -1.42. The van der Waals surface area contributed by atoms with Gasteiger partial charge in [0.05, 0.1) is 12.8 Å². The van der Waals surface area contributed by atoms with Crippen molar-refractivity contribution in [3.63, 3.8) is 0 Å². The van der Waals surface area contributed by atoms with Gasteiger partial charge in [-0.05, 0) is 31.6 Å². The highest BCUT2D eigenvalue weighted by Gasteiger charge is 2.00. The van der Waals surface area contributed by atoms with E-state index in [-0.39, 0.29) is 5.78 Å². The minimum absolute atomic E-state index is 0.0290. The first-order valence-corrected chi connectivity index (χ1v) is 5.54. The molecule has 1 heterocycles. The van der Waals surface area contributed by atoms with Gasteiger partial charge in [-0.2, -0.15) is 0 Å². The molecule has 0 spiro atoms. The normalized spacial score (nSPS) is 10.1. The SMILES string of the molecule is CCNCCCOc1ccc(C(C)=O)nc1. The van der Waals surface area contributed by atoms with E-state index in [1.54, 1.807) is 18.3 Å². The van der Waals surface area contributed by atoms with Crippen LogP contribution in [-0.4, -0.2) is 30.5 Å². The van der Waals surface area contributed by atoms with Gasteiger partial charge in [-0.25, -0.2) is 4.98 Å². The Morgan fingerprint density at radius 1 is 1.50 bits per heavy atom. The fourth-order valence-corrected chi connectivity index (χ4v) is 1.24. The quantitative estimate of drug-likeness (QED) is 0.563. The summed E-state index contributed by atoms with van der Waals surface area (Å²) in [7, 11) is 0. The fourth-order valence-electron chi connectivity index (χ4n) is 1.24. The van der Waals surface area contributed by atoms with E-state index < -0.39 is 0 Å². The molecule has 16 heavy (non-hydrogen) atoms. The second-order valence-electron chi connectivity index (χ2n) is 3.49. The highest BCUT2D eigenvalue weighted by molar-refractivity contribution is 5.92. The van der Waals surface area contributed by atoms with Gasteiger partial charge in [0.2, 0.25) is 0 Å². The zero-order chi connectivity index (χ0) is 11.8. The van der Waals surface area contributed by atoms with Crippen molar-refractivity contribution >= 4 is 5.78 Å². The van der Waals surface area contributed by atoms with Crippen molar-refractivity contribution in [3.8, 4) is 5.75 Å². The van der Waals surface area contributed by atoms with Crippen LogP contribution in [0, 0.1) is 0 Å². The maximum atomic E-state index is 11.0. The molecule has 0 bridgehead atoms. The van der Waals surface area contributed by atoms with E-state index in [1.165, 1.54) is 6.92 Å². The van der Waals surface area contributed by atoms with E-state index >= 15 is 0 Å². The van der Waals surface area contributed by atoms with E-state index in [1.807, 2.05) is 0 Å². The maximum Gasteiger partial charge on any atom is 0.178 e. The lowest BCUT2D eigenvalue weighted by molar-refractivity contribution is 0.101. The van der Waals surface area contributed by atoms with Crippen molar-refractivity contribution in [2.24, 2.45) is 0 Å². The molecule has 1 aromatic rings. The Kier molecular flexibility index (Phi) is 5.50. The average Bonchev–Trinajstić information content (AvgIpc) is 2.29. The van der Waals surface area contributed by atoms with Crippen LogP contribution in [0.5, 0.6) is 5.75 Å². The number of Topliss-reactive ketones (excluding diaryl/α,β-unsaturated/α-hetero) is 1. The van der Waals surface area contributed by atoms with Crippen LogP contribution < -0.4 is 10.1 Å². The Balaban J connectivity index is 2.29. The van der Waals surface area contributed by atoms with Crippen LogP contribution in [0.1, 0.15) is 30.8 Å². The van der Waals surface area contributed by atoms with Crippen LogP contribution in [-0.2, 0) is 0 Å². The number of carbonyl (C=O) groups is 1. The van der Waals surface area contributed by atoms with E-state index in [9.17, 15) is 4.79 Å². The molecule has 4 heteroatoms. The third-order valence-corrected chi connectivity index (χ3v) is 2.11. The van der Waals surface area contributed by atoms with Gasteiger partial charge in [0.25, 0.3) is 0 Å². The molecular formula is C12H18N2O2. The maximum absolute atomic E-state index is 11.0. The number of nitrogens with zero attached hydrogens (tertiary/aromatic N) is 1. The van der Waals surface area contributed by atoms with Crippen molar-refractivity contribution in [1.29, 1.82) is 0 Å². The molecular weight excluding hydrogens is 204 g/mol. The zero-order valence-electron chi connectivity index (χ0n) is 9.82. The Labute approximate surface area is 96.0 Å². The highest BCUT2D eigenvalue weighted by atomic mass is 16.5. The molecule has 0 aliphatic heterocycles. The van der Waals surface area contributed by atoms with E-state index in [2.05, 4.69) is 17.2 Å². The first kappa shape index (κ1) is 12.6. The topological polar surface area (TPSA) is 51.2 Å². The number of ketones is 1. The average molecular weight is 222 g/mol. The fraction of sp³-hybridized carbons (Fsp3) is 0.500. The summed E-state index contributed by atoms with van der Waals surface area (Å²) in [4.78, 5) is 15.0. The number of pyridine rings is 1. The van der Waals surface area contributed by atoms with Crippen LogP contribution in [0.4, 0.5) is 0 Å². The second-order valence-corrected chi connectivity index (χ2v) is 3.49. The van der Waals surface area contributed by atoms with E-state index in [0.717, 1.165) is 19.5 Å². The summed E-state index contributed by atoms with van der Waals surface area (Å²) < 4.78 is 5.47. The predicted molar refractivity (Wildman–Crippen MR) is 62.9 cm³/mol. The summed E-state index contributed by atoms with van der Waals surface area (Å²) >= 11 is 0. The summed E-state index contributed by atoms with van der Waals surface area (Å²) in [6, 6.07) is 3.46. The van der Waals surface area contributed by atoms with Crippen molar-refractivity contribution in [1.82, 2.24) is 10.3 Å². The van der Waals surface area contributed by atoms with E-state index in [4.69, 9.17) is 4.74 Å². The summed E-state index contributed by atoms with van der Waals surface area (Å²) in [5, 5.41) is 3.22. The van der Waals surface area contributed by atoms with Gasteiger partial charge in [-0.15, -0.1) is 0 Å². The van der Waals surface area contributed by atoms with Gasteiger partial charge in [0.15, 0.2) is 5.78 Å². The number of nitrogens with one attached hydrogen (secondary N) is 1. The minimum Gasteiger partial charge on any atom is -0.492 e. The van der Waals surface area contributed by atoms with Crippen LogP contribution in [0.3, 0.4) is 0 Å². The molecule has 1 rings (SSSR count). The van der Waals surface area contributed by atoms with Gasteiger partial charge < -0.3 is 10.1 Å². The van der Waals surface area contributed by atoms with E-state index in [0.29, 0.717) is 18.1 Å². The molecule has 88 valence electrons. The van der Waals surface area contributed by atoms with Crippen LogP contribution >= 0.6 is 0 Å². The van der Waals surface area contributed by atoms with Crippen LogP contribution in [0.15, 0.2) is 18.3 Å². The van der Waals surface area contributed by atoms with Crippen molar-refractivity contribution < 1.29 is 9.53 Å². The molecule has 0 amide bonds. The molecule has 0 saturated heterocycles. The van der Waals surface area contributed by atoms with Gasteiger partial charge >= 0.3 is 0 Å². The van der Waals surface area contributed by atoms with Gasteiger partial charge in [-0.3, -0.25) is 4.79 Å². The third-order valence-electron chi connectivity index (χ3n) is 2.11. The Morgan fingerprint density at radius 2 is 2.31 bits per heavy atom.